The Morgan fingerprint density at radius 1 is 0.569 bits per heavy atom. The second kappa shape index (κ2) is 14.5. The lowest BCUT2D eigenvalue weighted by atomic mass is 9.70. The number of hydrogen-bond donors (Lipinski definition) is 0. The number of halogens is 6. The summed E-state index contributed by atoms with van der Waals surface area (Å²) in [6, 6.07) is 25.8. The van der Waals surface area contributed by atoms with Crippen molar-refractivity contribution in [3.8, 4) is 11.5 Å². The third-order valence-electron chi connectivity index (χ3n) is 10.7. The van der Waals surface area contributed by atoms with Gasteiger partial charge in [-0.3, -0.25) is 0 Å². The molecule has 6 rings (SSSR count). The number of allylic oxidation sites excluding steroid dienone is 4. The van der Waals surface area contributed by atoms with Crippen molar-refractivity contribution < 1.29 is 31.1 Å². The van der Waals surface area contributed by atoms with Crippen LogP contribution in [-0.4, -0.2) is 0 Å². The Hall–Kier alpha value is -4.78. The first-order valence-electron chi connectivity index (χ1n) is 17.2. The zero-order chi connectivity index (χ0) is 36.3. The summed E-state index contributed by atoms with van der Waals surface area (Å²) < 4.78 is 92.8. The topological polar surface area (TPSA) is 9.23 Å². The molecule has 51 heavy (non-hydrogen) atoms. The van der Waals surface area contributed by atoms with Crippen LogP contribution < -0.4 is 4.74 Å². The van der Waals surface area contributed by atoms with Gasteiger partial charge in [-0.15, -0.1) is 13.2 Å². The second-order valence-corrected chi connectivity index (χ2v) is 13.6. The van der Waals surface area contributed by atoms with Crippen molar-refractivity contribution in [2.24, 2.45) is 11.8 Å². The summed E-state index contributed by atoms with van der Waals surface area (Å²) in [6.07, 6.45) is 5.99. The van der Waals surface area contributed by atoms with Gasteiger partial charge in [0, 0.05) is 22.0 Å². The van der Waals surface area contributed by atoms with Gasteiger partial charge in [-0.05, 0) is 85.0 Å². The van der Waals surface area contributed by atoms with Gasteiger partial charge in [0.2, 0.25) is 0 Å². The zero-order valence-corrected chi connectivity index (χ0v) is 28.2. The van der Waals surface area contributed by atoms with Gasteiger partial charge < -0.3 is 4.74 Å². The molecule has 4 aromatic rings. The third kappa shape index (κ3) is 7.35. The maximum Gasteiger partial charge on any atom is 0.416 e. The van der Waals surface area contributed by atoms with Crippen molar-refractivity contribution in [2.75, 3.05) is 0 Å². The SMILES string of the molecule is C=CC1CCCC1(C=Cc1ccccc1)c1cc(C(F)(F)F)ccc1Oc1ccc(C(F)(F)F)cc1C1(C=Cc2ccccc2)CCCC1C=C. The maximum atomic E-state index is 14.3. The summed E-state index contributed by atoms with van der Waals surface area (Å²) in [5.74, 6) is -0.109. The number of ether oxygens (including phenoxy) is 1. The van der Waals surface area contributed by atoms with E-state index >= 15 is 0 Å². The molecule has 0 aliphatic heterocycles. The molecule has 2 fully saturated rings. The summed E-state index contributed by atoms with van der Waals surface area (Å²) in [5, 5.41) is 0. The Morgan fingerprint density at radius 2 is 0.961 bits per heavy atom. The molecule has 0 spiro atoms. The Balaban J connectivity index is 1.56. The Labute approximate surface area is 295 Å². The molecule has 0 heterocycles. The van der Waals surface area contributed by atoms with Gasteiger partial charge in [-0.2, -0.15) is 26.3 Å². The molecule has 0 saturated heterocycles. The summed E-state index contributed by atoms with van der Waals surface area (Å²) >= 11 is 0. The normalized spacial score (nSPS) is 24.0. The minimum absolute atomic E-state index is 0.158. The van der Waals surface area contributed by atoms with Crippen LogP contribution in [-0.2, 0) is 23.2 Å². The number of hydrogen-bond acceptors (Lipinski definition) is 1. The van der Waals surface area contributed by atoms with E-state index < -0.39 is 34.3 Å². The fraction of sp³-hybridized carbons (Fsp3) is 0.273. The molecule has 0 amide bonds. The fourth-order valence-corrected chi connectivity index (χ4v) is 8.09. The standard InChI is InChI=1S/C44H40F6O/c1-3-33-17-11-25-41(33,27-23-31-13-7-5-8-14-31)37-29-35(43(45,46)47)19-21-39(37)51-40-22-20-36(44(48,49)50)30-38(40)42(26-12-18-34(42)4-2)28-24-32-15-9-6-10-16-32/h3-10,13-16,19-24,27-30,33-34H,1-2,11-12,17-18,25-26H2. The first kappa shape index (κ1) is 36.0. The second-order valence-electron chi connectivity index (χ2n) is 13.6. The van der Waals surface area contributed by atoms with Crippen molar-refractivity contribution in [1.29, 1.82) is 0 Å². The van der Waals surface area contributed by atoms with E-state index in [-0.39, 0.29) is 23.3 Å². The van der Waals surface area contributed by atoms with Crippen LogP contribution in [0.2, 0.25) is 0 Å². The van der Waals surface area contributed by atoms with Crippen LogP contribution in [0.5, 0.6) is 11.5 Å². The average Bonchev–Trinajstić information content (AvgIpc) is 3.75. The Morgan fingerprint density at radius 3 is 1.31 bits per heavy atom. The molecule has 1 nitrogen and oxygen atoms in total. The monoisotopic (exact) mass is 698 g/mol. The molecule has 4 aromatic carbocycles. The molecular formula is C44H40F6O. The van der Waals surface area contributed by atoms with Gasteiger partial charge in [0.05, 0.1) is 11.1 Å². The highest BCUT2D eigenvalue weighted by atomic mass is 19.4. The van der Waals surface area contributed by atoms with E-state index in [0.29, 0.717) is 36.8 Å². The van der Waals surface area contributed by atoms with Crippen LogP contribution in [0.4, 0.5) is 26.3 Å². The molecule has 0 N–H and O–H groups in total. The molecule has 2 aliphatic carbocycles. The molecule has 2 aliphatic rings. The van der Waals surface area contributed by atoms with Crippen molar-refractivity contribution in [1.82, 2.24) is 0 Å². The molecule has 0 bridgehead atoms. The highest BCUT2D eigenvalue weighted by molar-refractivity contribution is 5.60. The van der Waals surface area contributed by atoms with E-state index in [0.717, 1.165) is 48.2 Å². The predicted molar refractivity (Wildman–Crippen MR) is 192 cm³/mol. The van der Waals surface area contributed by atoms with E-state index in [2.05, 4.69) is 13.2 Å². The molecule has 0 aromatic heterocycles. The van der Waals surface area contributed by atoms with Crippen molar-refractivity contribution in [3.05, 3.63) is 168 Å². The van der Waals surface area contributed by atoms with Crippen LogP contribution >= 0.6 is 0 Å². The van der Waals surface area contributed by atoms with E-state index in [9.17, 15) is 26.3 Å². The van der Waals surface area contributed by atoms with Crippen LogP contribution in [0.15, 0.2) is 135 Å². The highest BCUT2D eigenvalue weighted by Gasteiger charge is 2.46. The number of benzene rings is 4. The van der Waals surface area contributed by atoms with E-state index in [1.165, 1.54) is 12.1 Å². The largest absolute Gasteiger partial charge is 0.457 e. The molecule has 4 unspecified atom stereocenters. The Bertz CT molecular complexity index is 1770. The molecular weight excluding hydrogens is 658 g/mol. The van der Waals surface area contributed by atoms with E-state index in [1.54, 1.807) is 12.2 Å². The quantitative estimate of drug-likeness (QED) is 0.118. The number of rotatable bonds is 10. The minimum Gasteiger partial charge on any atom is -0.457 e. The fourth-order valence-electron chi connectivity index (χ4n) is 8.09. The summed E-state index contributed by atoms with van der Waals surface area (Å²) in [7, 11) is 0. The van der Waals surface area contributed by atoms with Gasteiger partial charge in [-0.25, -0.2) is 0 Å². The molecule has 264 valence electrons. The van der Waals surface area contributed by atoms with Gasteiger partial charge in [-0.1, -0.05) is 110 Å². The third-order valence-corrected chi connectivity index (χ3v) is 10.7. The summed E-state index contributed by atoms with van der Waals surface area (Å²) in [5.41, 5.74) is -1.08. The van der Waals surface area contributed by atoms with Gasteiger partial charge in [0.1, 0.15) is 11.5 Å². The maximum absolute atomic E-state index is 14.3. The smallest absolute Gasteiger partial charge is 0.416 e. The lowest BCUT2D eigenvalue weighted by Crippen LogP contribution is -2.29. The van der Waals surface area contributed by atoms with Crippen molar-refractivity contribution >= 4 is 12.2 Å². The highest BCUT2D eigenvalue weighted by Crippen LogP contribution is 2.55. The summed E-state index contributed by atoms with van der Waals surface area (Å²) in [6.45, 7) is 8.11. The van der Waals surface area contributed by atoms with Crippen LogP contribution in [0.1, 0.15) is 71.9 Å². The van der Waals surface area contributed by atoms with Gasteiger partial charge in [0.15, 0.2) is 0 Å². The Kier molecular flexibility index (Phi) is 10.2. The van der Waals surface area contributed by atoms with E-state index in [1.807, 2.05) is 85.0 Å². The van der Waals surface area contributed by atoms with Crippen molar-refractivity contribution in [2.45, 2.75) is 61.7 Å². The van der Waals surface area contributed by atoms with Crippen LogP contribution in [0.25, 0.3) is 12.2 Å². The molecule has 7 heteroatoms. The molecule has 0 radical (unpaired) electrons. The van der Waals surface area contributed by atoms with Gasteiger partial charge in [0.25, 0.3) is 0 Å². The lowest BCUT2D eigenvalue weighted by Gasteiger charge is -2.36. The minimum atomic E-state index is -4.63. The van der Waals surface area contributed by atoms with Crippen LogP contribution in [0.3, 0.4) is 0 Å². The van der Waals surface area contributed by atoms with Crippen molar-refractivity contribution in [3.63, 3.8) is 0 Å². The first-order valence-corrected chi connectivity index (χ1v) is 17.2. The van der Waals surface area contributed by atoms with Gasteiger partial charge >= 0.3 is 12.4 Å². The number of alkyl halides is 6. The predicted octanol–water partition coefficient (Wildman–Crippen LogP) is 13.4. The first-order chi connectivity index (χ1) is 24.4. The van der Waals surface area contributed by atoms with Crippen LogP contribution in [0, 0.1) is 11.8 Å². The summed E-state index contributed by atoms with van der Waals surface area (Å²) in [4.78, 5) is 0. The molecule has 2 saturated carbocycles. The zero-order valence-electron chi connectivity index (χ0n) is 28.2. The van der Waals surface area contributed by atoms with E-state index in [4.69, 9.17) is 4.74 Å². The average molecular weight is 699 g/mol. The lowest BCUT2D eigenvalue weighted by molar-refractivity contribution is -0.138. The molecule has 4 atom stereocenters.